The number of aromatic hydroxyl groups is 2. The van der Waals surface area contributed by atoms with Crippen LogP contribution in [0.1, 0.15) is 40.5 Å². The van der Waals surface area contributed by atoms with Crippen LogP contribution >= 0.6 is 0 Å². The molecule has 178 valence electrons. The van der Waals surface area contributed by atoms with Gasteiger partial charge in [-0.3, -0.25) is 0 Å². The van der Waals surface area contributed by atoms with Gasteiger partial charge >= 0.3 is 0 Å². The topological polar surface area (TPSA) is 58.9 Å². The highest BCUT2D eigenvalue weighted by molar-refractivity contribution is 6.10. The molecule has 2 unspecified atom stereocenters. The molecule has 34 heavy (non-hydrogen) atoms. The SMILES string of the molecule is CCC(C)COc1ccc2c(-c3c(O)ccc4cc(OCC(C)CC)ccc34)c(O)ccc2c1. The van der Waals surface area contributed by atoms with Crippen molar-refractivity contribution in [1.82, 2.24) is 0 Å². The summed E-state index contributed by atoms with van der Waals surface area (Å²) in [6, 6.07) is 18.9. The Bertz CT molecular complexity index is 1190. The third-order valence-corrected chi connectivity index (χ3v) is 6.65. The fourth-order valence-corrected chi connectivity index (χ4v) is 4.01. The Morgan fingerprint density at radius 3 is 1.41 bits per heavy atom. The largest absolute Gasteiger partial charge is 0.507 e. The van der Waals surface area contributed by atoms with Crippen molar-refractivity contribution < 1.29 is 19.7 Å². The third kappa shape index (κ3) is 4.91. The van der Waals surface area contributed by atoms with Crippen molar-refractivity contribution in [3.05, 3.63) is 60.7 Å². The molecule has 2 atom stereocenters. The maximum Gasteiger partial charge on any atom is 0.124 e. The van der Waals surface area contributed by atoms with Gasteiger partial charge < -0.3 is 19.7 Å². The Hall–Kier alpha value is -3.40. The van der Waals surface area contributed by atoms with E-state index in [0.717, 1.165) is 45.9 Å². The van der Waals surface area contributed by atoms with Gasteiger partial charge in [-0.05, 0) is 81.9 Å². The molecule has 4 nitrogen and oxygen atoms in total. The lowest BCUT2D eigenvalue weighted by Gasteiger charge is -2.16. The Kier molecular flexibility index (Phi) is 7.16. The first-order valence-corrected chi connectivity index (χ1v) is 12.2. The average molecular weight is 459 g/mol. The van der Waals surface area contributed by atoms with Crippen LogP contribution in [0, 0.1) is 11.8 Å². The molecule has 0 spiro atoms. The first-order chi connectivity index (χ1) is 16.4. The predicted molar refractivity (Wildman–Crippen MR) is 140 cm³/mol. The van der Waals surface area contributed by atoms with Gasteiger partial charge in [0.15, 0.2) is 0 Å². The van der Waals surface area contributed by atoms with Crippen molar-refractivity contribution in [1.29, 1.82) is 0 Å². The second-order valence-corrected chi connectivity index (χ2v) is 9.33. The van der Waals surface area contributed by atoms with Crippen LogP contribution in [0.4, 0.5) is 0 Å². The lowest BCUT2D eigenvalue weighted by Crippen LogP contribution is -2.07. The summed E-state index contributed by atoms with van der Waals surface area (Å²) in [5, 5.41) is 25.4. The highest BCUT2D eigenvalue weighted by Crippen LogP contribution is 2.45. The summed E-state index contributed by atoms with van der Waals surface area (Å²) in [6.07, 6.45) is 2.13. The van der Waals surface area contributed by atoms with Crippen molar-refractivity contribution in [2.24, 2.45) is 11.8 Å². The monoisotopic (exact) mass is 458 g/mol. The van der Waals surface area contributed by atoms with Crippen molar-refractivity contribution >= 4 is 21.5 Å². The number of ether oxygens (including phenoxy) is 2. The van der Waals surface area contributed by atoms with Gasteiger partial charge in [-0.1, -0.05) is 52.7 Å². The van der Waals surface area contributed by atoms with Crippen LogP contribution in [0.2, 0.25) is 0 Å². The summed E-state index contributed by atoms with van der Waals surface area (Å²) in [7, 11) is 0. The van der Waals surface area contributed by atoms with Crippen LogP contribution in [-0.2, 0) is 0 Å². The van der Waals surface area contributed by atoms with Crippen molar-refractivity contribution in [2.45, 2.75) is 40.5 Å². The van der Waals surface area contributed by atoms with Gasteiger partial charge in [-0.15, -0.1) is 0 Å². The summed E-state index contributed by atoms with van der Waals surface area (Å²) < 4.78 is 11.9. The van der Waals surface area contributed by atoms with Gasteiger partial charge in [-0.2, -0.15) is 0 Å². The minimum absolute atomic E-state index is 0.126. The Morgan fingerprint density at radius 1 is 0.618 bits per heavy atom. The molecule has 0 bridgehead atoms. The van der Waals surface area contributed by atoms with E-state index in [1.165, 1.54) is 0 Å². The normalized spacial score (nSPS) is 13.2. The van der Waals surface area contributed by atoms with Gasteiger partial charge in [0.25, 0.3) is 0 Å². The quantitative estimate of drug-likeness (QED) is 0.267. The molecule has 4 aromatic carbocycles. The zero-order valence-corrected chi connectivity index (χ0v) is 20.5. The average Bonchev–Trinajstić information content (AvgIpc) is 2.86. The molecule has 0 aliphatic heterocycles. The van der Waals surface area contributed by atoms with Gasteiger partial charge in [-0.25, -0.2) is 0 Å². The lowest BCUT2D eigenvalue weighted by molar-refractivity contribution is 0.257. The van der Waals surface area contributed by atoms with E-state index in [2.05, 4.69) is 27.7 Å². The molecule has 0 aliphatic carbocycles. The summed E-state index contributed by atoms with van der Waals surface area (Å²) in [5.74, 6) is 2.82. The zero-order valence-electron chi connectivity index (χ0n) is 20.5. The highest BCUT2D eigenvalue weighted by Gasteiger charge is 2.18. The van der Waals surface area contributed by atoms with Gasteiger partial charge in [0.2, 0.25) is 0 Å². The van der Waals surface area contributed by atoms with E-state index in [9.17, 15) is 10.2 Å². The molecule has 4 heteroatoms. The van der Waals surface area contributed by atoms with Crippen LogP contribution in [0.25, 0.3) is 32.7 Å². The fraction of sp³-hybridized carbons (Fsp3) is 0.333. The summed E-state index contributed by atoms with van der Waals surface area (Å²) in [4.78, 5) is 0. The number of hydrogen-bond donors (Lipinski definition) is 2. The fourth-order valence-electron chi connectivity index (χ4n) is 4.01. The Morgan fingerprint density at radius 2 is 1.03 bits per heavy atom. The molecule has 0 saturated carbocycles. The van der Waals surface area contributed by atoms with Crippen LogP contribution < -0.4 is 9.47 Å². The molecule has 0 aromatic heterocycles. The first kappa shape index (κ1) is 23.7. The van der Waals surface area contributed by atoms with Crippen LogP contribution in [-0.4, -0.2) is 23.4 Å². The smallest absolute Gasteiger partial charge is 0.124 e. The van der Waals surface area contributed by atoms with Crippen molar-refractivity contribution in [3.8, 4) is 34.1 Å². The maximum atomic E-state index is 10.9. The van der Waals surface area contributed by atoms with Gasteiger partial charge in [0, 0.05) is 11.1 Å². The van der Waals surface area contributed by atoms with Gasteiger partial charge in [0.05, 0.1) is 13.2 Å². The van der Waals surface area contributed by atoms with Gasteiger partial charge in [0.1, 0.15) is 23.0 Å². The van der Waals surface area contributed by atoms with Crippen LogP contribution in [0.15, 0.2) is 60.7 Å². The van der Waals surface area contributed by atoms with Crippen molar-refractivity contribution in [2.75, 3.05) is 13.2 Å². The molecule has 0 heterocycles. The number of benzene rings is 4. The second-order valence-electron chi connectivity index (χ2n) is 9.33. The Labute approximate surface area is 201 Å². The van der Waals surface area contributed by atoms with E-state index in [1.54, 1.807) is 12.1 Å². The second kappa shape index (κ2) is 10.3. The summed E-state index contributed by atoms with van der Waals surface area (Å²) in [6.45, 7) is 9.97. The molecule has 0 amide bonds. The van der Waals surface area contributed by atoms with Crippen molar-refractivity contribution in [3.63, 3.8) is 0 Å². The molecule has 0 aliphatic rings. The predicted octanol–water partition coefficient (Wildman–Crippen LogP) is 7.92. The number of rotatable bonds is 9. The van der Waals surface area contributed by atoms with E-state index in [4.69, 9.17) is 9.47 Å². The lowest BCUT2D eigenvalue weighted by atomic mass is 9.92. The summed E-state index contributed by atoms with van der Waals surface area (Å²) >= 11 is 0. The molecular weight excluding hydrogens is 424 g/mol. The van der Waals surface area contributed by atoms with E-state index >= 15 is 0 Å². The number of phenols is 2. The number of hydrogen-bond acceptors (Lipinski definition) is 4. The van der Waals surface area contributed by atoms with E-state index in [-0.39, 0.29) is 11.5 Å². The van der Waals surface area contributed by atoms with E-state index in [0.29, 0.717) is 36.2 Å². The molecule has 2 N–H and O–H groups in total. The standard InChI is InChI=1S/C30H34O4/c1-5-19(3)17-33-23-9-11-25-21(15-23)7-13-27(31)29(25)30-26-12-10-24(34-18-20(4)6-2)16-22(26)8-14-28(30)32/h7-16,19-20,31-32H,5-6,17-18H2,1-4H3. The maximum absolute atomic E-state index is 10.9. The molecule has 4 aromatic rings. The van der Waals surface area contributed by atoms with Crippen LogP contribution in [0.5, 0.6) is 23.0 Å². The number of phenolic OH excluding ortho intramolecular Hbond substituents is 2. The molecule has 4 rings (SSSR count). The zero-order chi connectivity index (χ0) is 24.2. The molecular formula is C30H34O4. The minimum atomic E-state index is 0.126. The Balaban J connectivity index is 1.78. The highest BCUT2D eigenvalue weighted by atomic mass is 16.5. The third-order valence-electron chi connectivity index (χ3n) is 6.65. The summed E-state index contributed by atoms with van der Waals surface area (Å²) in [5.41, 5.74) is 1.23. The van der Waals surface area contributed by atoms with Crippen LogP contribution in [0.3, 0.4) is 0 Å². The number of fused-ring (bicyclic) bond motifs is 2. The van der Waals surface area contributed by atoms with E-state index < -0.39 is 0 Å². The first-order valence-electron chi connectivity index (χ1n) is 12.2. The minimum Gasteiger partial charge on any atom is -0.507 e. The molecule has 0 fully saturated rings. The molecule has 0 saturated heterocycles. The molecule has 0 radical (unpaired) electrons. The van der Waals surface area contributed by atoms with E-state index in [1.807, 2.05) is 48.5 Å².